The number of benzene rings is 1. The molecule has 0 bridgehead atoms. The normalized spacial score (nSPS) is 24.2. The summed E-state index contributed by atoms with van der Waals surface area (Å²) in [5.41, 5.74) is 1.36. The van der Waals surface area contributed by atoms with Crippen LogP contribution >= 0.6 is 0 Å². The van der Waals surface area contributed by atoms with Crippen LogP contribution < -0.4 is 10.1 Å². The summed E-state index contributed by atoms with van der Waals surface area (Å²) in [7, 11) is 0. The Bertz CT molecular complexity index is 362. The van der Waals surface area contributed by atoms with Gasteiger partial charge in [-0.1, -0.05) is 32.9 Å². The number of hydrogen-bond acceptors (Lipinski definition) is 2. The predicted octanol–water partition coefficient (Wildman–Crippen LogP) is 3.39. The van der Waals surface area contributed by atoms with Crippen molar-refractivity contribution < 1.29 is 4.74 Å². The van der Waals surface area contributed by atoms with E-state index >= 15 is 0 Å². The van der Waals surface area contributed by atoms with E-state index in [2.05, 4.69) is 44.3 Å². The molecule has 1 saturated heterocycles. The highest BCUT2D eigenvalue weighted by Crippen LogP contribution is 2.28. The highest BCUT2D eigenvalue weighted by Gasteiger charge is 2.21. The number of rotatable bonds is 4. The molecule has 0 aromatic heterocycles. The van der Waals surface area contributed by atoms with Crippen LogP contribution in [0.5, 0.6) is 5.75 Å². The van der Waals surface area contributed by atoms with E-state index in [-0.39, 0.29) is 0 Å². The van der Waals surface area contributed by atoms with Crippen molar-refractivity contribution in [2.45, 2.75) is 33.2 Å². The molecule has 1 aliphatic rings. The fourth-order valence-electron chi connectivity index (χ4n) is 2.25. The van der Waals surface area contributed by atoms with Crippen LogP contribution in [0.3, 0.4) is 0 Å². The third kappa shape index (κ3) is 3.47. The van der Waals surface area contributed by atoms with Crippen molar-refractivity contribution in [1.82, 2.24) is 5.32 Å². The third-order valence-electron chi connectivity index (χ3n) is 3.19. The zero-order valence-electron chi connectivity index (χ0n) is 11.1. The molecule has 94 valence electrons. The molecule has 0 saturated carbocycles. The molecule has 2 nitrogen and oxygen atoms in total. The lowest BCUT2D eigenvalue weighted by Crippen LogP contribution is -2.13. The van der Waals surface area contributed by atoms with Gasteiger partial charge in [0, 0.05) is 6.04 Å². The lowest BCUT2D eigenvalue weighted by atomic mass is 10.0. The molecule has 1 fully saturated rings. The first-order chi connectivity index (χ1) is 8.15. The van der Waals surface area contributed by atoms with Gasteiger partial charge in [-0.25, -0.2) is 0 Å². The second-order valence-corrected chi connectivity index (χ2v) is 5.58. The summed E-state index contributed by atoms with van der Waals surface area (Å²) in [5, 5.41) is 3.56. The van der Waals surface area contributed by atoms with E-state index in [4.69, 9.17) is 4.74 Å². The Morgan fingerprint density at radius 3 is 2.88 bits per heavy atom. The summed E-state index contributed by atoms with van der Waals surface area (Å²) in [5.74, 6) is 2.35. The Labute approximate surface area is 104 Å². The molecule has 1 heterocycles. The maximum Gasteiger partial charge on any atom is 0.119 e. The summed E-state index contributed by atoms with van der Waals surface area (Å²) in [6, 6.07) is 9.02. The average molecular weight is 233 g/mol. The van der Waals surface area contributed by atoms with Crippen molar-refractivity contribution >= 4 is 0 Å². The topological polar surface area (TPSA) is 21.3 Å². The third-order valence-corrected chi connectivity index (χ3v) is 3.19. The molecular formula is C15H23NO. The van der Waals surface area contributed by atoms with Crippen molar-refractivity contribution in [3.8, 4) is 5.75 Å². The van der Waals surface area contributed by atoms with Gasteiger partial charge in [-0.05, 0) is 42.5 Å². The van der Waals surface area contributed by atoms with Crippen molar-refractivity contribution in [1.29, 1.82) is 0 Å². The molecule has 2 atom stereocenters. The van der Waals surface area contributed by atoms with Gasteiger partial charge in [0.25, 0.3) is 0 Å². The number of nitrogens with one attached hydrogen (secondary N) is 1. The van der Waals surface area contributed by atoms with Crippen LogP contribution in [-0.2, 0) is 0 Å². The minimum Gasteiger partial charge on any atom is -0.493 e. The molecule has 1 N–H and O–H groups in total. The monoisotopic (exact) mass is 233 g/mol. The quantitative estimate of drug-likeness (QED) is 0.860. The van der Waals surface area contributed by atoms with Crippen LogP contribution in [0.2, 0.25) is 0 Å². The van der Waals surface area contributed by atoms with Crippen LogP contribution in [0.25, 0.3) is 0 Å². The van der Waals surface area contributed by atoms with Crippen LogP contribution in [-0.4, -0.2) is 13.2 Å². The van der Waals surface area contributed by atoms with Gasteiger partial charge in [0.15, 0.2) is 0 Å². The van der Waals surface area contributed by atoms with Crippen LogP contribution in [0.1, 0.15) is 38.8 Å². The molecule has 0 spiro atoms. The molecule has 1 aromatic carbocycles. The molecule has 2 rings (SSSR count). The molecule has 1 aromatic rings. The summed E-state index contributed by atoms with van der Waals surface area (Å²) < 4.78 is 5.77. The maximum atomic E-state index is 5.77. The van der Waals surface area contributed by atoms with Crippen molar-refractivity contribution in [3.63, 3.8) is 0 Å². The average Bonchev–Trinajstić information content (AvgIpc) is 2.74. The van der Waals surface area contributed by atoms with Crippen molar-refractivity contribution in [2.24, 2.45) is 11.8 Å². The van der Waals surface area contributed by atoms with Gasteiger partial charge in [0.2, 0.25) is 0 Å². The summed E-state index contributed by atoms with van der Waals surface area (Å²) in [4.78, 5) is 0. The lowest BCUT2D eigenvalue weighted by molar-refractivity contribution is 0.270. The minimum atomic E-state index is 0.507. The molecule has 1 aliphatic heterocycles. The van der Waals surface area contributed by atoms with Gasteiger partial charge >= 0.3 is 0 Å². The molecule has 2 heteroatoms. The summed E-state index contributed by atoms with van der Waals surface area (Å²) in [6.07, 6.45) is 1.23. The first-order valence-electron chi connectivity index (χ1n) is 6.61. The van der Waals surface area contributed by atoms with E-state index < -0.39 is 0 Å². The second kappa shape index (κ2) is 5.54. The van der Waals surface area contributed by atoms with E-state index in [9.17, 15) is 0 Å². The first kappa shape index (κ1) is 12.4. The van der Waals surface area contributed by atoms with E-state index in [1.54, 1.807) is 0 Å². The van der Waals surface area contributed by atoms with Gasteiger partial charge in [-0.2, -0.15) is 0 Å². The molecule has 0 radical (unpaired) electrons. The maximum absolute atomic E-state index is 5.77. The van der Waals surface area contributed by atoms with E-state index in [1.165, 1.54) is 12.0 Å². The highest BCUT2D eigenvalue weighted by atomic mass is 16.5. The second-order valence-electron chi connectivity index (χ2n) is 5.58. The first-order valence-corrected chi connectivity index (χ1v) is 6.61. The summed E-state index contributed by atoms with van der Waals surface area (Å²) in [6.45, 7) is 8.56. The smallest absolute Gasteiger partial charge is 0.119 e. The van der Waals surface area contributed by atoms with Gasteiger partial charge in [0.05, 0.1) is 6.61 Å². The molecule has 0 amide bonds. The zero-order valence-corrected chi connectivity index (χ0v) is 11.1. The Kier molecular flexibility index (Phi) is 4.06. The van der Waals surface area contributed by atoms with Gasteiger partial charge < -0.3 is 10.1 Å². The van der Waals surface area contributed by atoms with Gasteiger partial charge in [-0.15, -0.1) is 0 Å². The number of hydrogen-bond donors (Lipinski definition) is 1. The zero-order chi connectivity index (χ0) is 12.3. The van der Waals surface area contributed by atoms with E-state index in [0.29, 0.717) is 12.0 Å². The fourth-order valence-corrected chi connectivity index (χ4v) is 2.25. The Morgan fingerprint density at radius 2 is 2.24 bits per heavy atom. The molecular weight excluding hydrogens is 210 g/mol. The van der Waals surface area contributed by atoms with E-state index in [1.807, 2.05) is 6.07 Å². The lowest BCUT2D eigenvalue weighted by Gasteiger charge is -2.14. The predicted molar refractivity (Wildman–Crippen MR) is 71.3 cm³/mol. The minimum absolute atomic E-state index is 0.507. The van der Waals surface area contributed by atoms with Crippen LogP contribution in [0, 0.1) is 11.8 Å². The van der Waals surface area contributed by atoms with Crippen LogP contribution in [0.15, 0.2) is 24.3 Å². The largest absolute Gasteiger partial charge is 0.493 e. The molecule has 0 unspecified atom stereocenters. The van der Waals surface area contributed by atoms with Gasteiger partial charge in [-0.3, -0.25) is 0 Å². The Morgan fingerprint density at radius 1 is 1.41 bits per heavy atom. The van der Waals surface area contributed by atoms with Crippen molar-refractivity contribution in [3.05, 3.63) is 29.8 Å². The molecule has 17 heavy (non-hydrogen) atoms. The van der Waals surface area contributed by atoms with E-state index in [0.717, 1.165) is 24.8 Å². The standard InChI is InChI=1S/C15H23NO/c1-11(2)10-17-14-6-4-5-13(8-14)15-7-12(3)9-16-15/h4-6,8,11-12,15-16H,7,9-10H2,1-3H3/t12-,15-/m0/s1. The number of ether oxygens (including phenoxy) is 1. The SMILES string of the molecule is CC(C)COc1cccc([C@@H]2C[C@H](C)CN2)c1. The Hall–Kier alpha value is -1.02. The Balaban J connectivity index is 2.01. The fraction of sp³-hybridized carbons (Fsp3) is 0.600. The van der Waals surface area contributed by atoms with Crippen molar-refractivity contribution in [2.75, 3.05) is 13.2 Å². The summed E-state index contributed by atoms with van der Waals surface area (Å²) >= 11 is 0. The van der Waals surface area contributed by atoms with Crippen LogP contribution in [0.4, 0.5) is 0 Å². The van der Waals surface area contributed by atoms with Gasteiger partial charge in [0.1, 0.15) is 5.75 Å². The molecule has 0 aliphatic carbocycles. The highest BCUT2D eigenvalue weighted by molar-refractivity contribution is 5.31.